The van der Waals surface area contributed by atoms with E-state index in [4.69, 9.17) is 11.5 Å². The van der Waals surface area contributed by atoms with Crippen LogP contribution in [0, 0.1) is 0 Å². The molecule has 0 saturated carbocycles. The van der Waals surface area contributed by atoms with E-state index in [2.05, 4.69) is 24.4 Å². The minimum absolute atomic E-state index is 0.341. The van der Waals surface area contributed by atoms with E-state index in [9.17, 15) is 4.79 Å². The zero-order valence-electron chi connectivity index (χ0n) is 11.5. The van der Waals surface area contributed by atoms with Gasteiger partial charge >= 0.3 is 0 Å². The van der Waals surface area contributed by atoms with Crippen molar-refractivity contribution in [2.45, 2.75) is 12.8 Å². The highest BCUT2D eigenvalue weighted by Gasteiger charge is 2.08. The predicted octanol–water partition coefficient (Wildman–Crippen LogP) is 2.58. The van der Waals surface area contributed by atoms with Gasteiger partial charge in [0.05, 0.1) is 11.4 Å². The van der Waals surface area contributed by atoms with E-state index >= 15 is 0 Å². The predicted molar refractivity (Wildman–Crippen MR) is 82.7 cm³/mol. The van der Waals surface area contributed by atoms with Gasteiger partial charge in [0.25, 0.3) is 0 Å². The lowest BCUT2D eigenvalue weighted by Gasteiger charge is -2.15. The highest BCUT2D eigenvalue weighted by Crippen LogP contribution is 2.22. The number of rotatable bonds is 5. The maximum Gasteiger partial charge on any atom is 0.248 e. The first-order valence-corrected chi connectivity index (χ1v) is 6.56. The molecule has 20 heavy (non-hydrogen) atoms. The molecule has 1 amide bonds. The van der Waals surface area contributed by atoms with Crippen LogP contribution in [0.25, 0.3) is 0 Å². The molecule has 2 aromatic rings. The molecule has 0 aliphatic carbocycles. The number of nitrogens with one attached hydrogen (secondary N) is 1. The van der Waals surface area contributed by atoms with Crippen molar-refractivity contribution in [1.29, 1.82) is 0 Å². The van der Waals surface area contributed by atoms with Gasteiger partial charge in [-0.3, -0.25) is 4.79 Å². The summed E-state index contributed by atoms with van der Waals surface area (Å²) in [5.41, 5.74) is 14.2. The van der Waals surface area contributed by atoms with Gasteiger partial charge in [-0.15, -0.1) is 0 Å². The number of hydrogen-bond donors (Lipinski definition) is 3. The normalized spacial score (nSPS) is 11.8. The number of carbonyl (C=O) groups excluding carboxylic acids is 1. The minimum Gasteiger partial charge on any atom is -0.397 e. The number of amides is 1. The van der Waals surface area contributed by atoms with Gasteiger partial charge in [0.1, 0.15) is 0 Å². The molecule has 0 heterocycles. The Morgan fingerprint density at radius 2 is 1.90 bits per heavy atom. The first kappa shape index (κ1) is 13.9. The lowest BCUT2D eigenvalue weighted by molar-refractivity contribution is 0.100. The number of carbonyl (C=O) groups is 1. The van der Waals surface area contributed by atoms with Crippen molar-refractivity contribution >= 4 is 17.3 Å². The number of primary amides is 1. The molecule has 0 saturated heterocycles. The Labute approximate surface area is 118 Å². The third kappa shape index (κ3) is 3.29. The summed E-state index contributed by atoms with van der Waals surface area (Å²) in [7, 11) is 0. The van der Waals surface area contributed by atoms with Gasteiger partial charge in [0.2, 0.25) is 5.91 Å². The maximum atomic E-state index is 11.2. The summed E-state index contributed by atoms with van der Waals surface area (Å²) >= 11 is 0. The highest BCUT2D eigenvalue weighted by atomic mass is 16.1. The third-order valence-corrected chi connectivity index (χ3v) is 3.31. The maximum absolute atomic E-state index is 11.2. The van der Waals surface area contributed by atoms with Crippen LogP contribution in [0.2, 0.25) is 0 Å². The summed E-state index contributed by atoms with van der Waals surface area (Å²) in [6, 6.07) is 15.2. The Hall–Kier alpha value is -2.49. The quantitative estimate of drug-likeness (QED) is 0.730. The van der Waals surface area contributed by atoms with Crippen molar-refractivity contribution in [2.75, 3.05) is 17.6 Å². The number of hydrogen-bond acceptors (Lipinski definition) is 3. The molecule has 4 nitrogen and oxygen atoms in total. The summed E-state index contributed by atoms with van der Waals surface area (Å²) in [6.07, 6.45) is 0. The average Bonchev–Trinajstić information content (AvgIpc) is 2.46. The number of benzene rings is 2. The molecule has 2 rings (SSSR count). The second-order valence-corrected chi connectivity index (χ2v) is 4.86. The molecule has 0 aromatic heterocycles. The molecule has 104 valence electrons. The van der Waals surface area contributed by atoms with Crippen LogP contribution >= 0.6 is 0 Å². The Kier molecular flexibility index (Phi) is 4.25. The lowest BCUT2D eigenvalue weighted by Crippen LogP contribution is -2.14. The van der Waals surface area contributed by atoms with E-state index in [1.165, 1.54) is 5.56 Å². The standard InChI is InChI=1S/C16H19N3O/c1-11(12-5-3-2-4-6-12)10-19-15-9-13(16(18)20)7-8-14(15)17/h2-9,11,19H,10,17H2,1H3,(H2,18,20). The molecule has 0 aliphatic rings. The third-order valence-electron chi connectivity index (χ3n) is 3.31. The Bertz CT molecular complexity index is 596. The second kappa shape index (κ2) is 6.10. The van der Waals surface area contributed by atoms with E-state index in [-0.39, 0.29) is 0 Å². The van der Waals surface area contributed by atoms with Crippen LogP contribution in [0.1, 0.15) is 28.8 Å². The topological polar surface area (TPSA) is 81.1 Å². The molecule has 0 spiro atoms. The van der Waals surface area contributed by atoms with E-state index in [1.807, 2.05) is 18.2 Å². The van der Waals surface area contributed by atoms with E-state index in [1.54, 1.807) is 18.2 Å². The smallest absolute Gasteiger partial charge is 0.248 e. The molecule has 0 bridgehead atoms. The minimum atomic E-state index is -0.454. The fourth-order valence-electron chi connectivity index (χ4n) is 2.03. The largest absolute Gasteiger partial charge is 0.397 e. The summed E-state index contributed by atoms with van der Waals surface area (Å²) in [6.45, 7) is 2.87. The Balaban J connectivity index is 2.07. The van der Waals surface area contributed by atoms with Crippen molar-refractivity contribution < 1.29 is 4.79 Å². The molecule has 0 fully saturated rings. The Morgan fingerprint density at radius 3 is 2.55 bits per heavy atom. The first-order chi connectivity index (χ1) is 9.58. The van der Waals surface area contributed by atoms with Gasteiger partial charge < -0.3 is 16.8 Å². The van der Waals surface area contributed by atoms with E-state index in [0.29, 0.717) is 17.2 Å². The second-order valence-electron chi connectivity index (χ2n) is 4.86. The van der Waals surface area contributed by atoms with Gasteiger partial charge in [0.15, 0.2) is 0 Å². The first-order valence-electron chi connectivity index (χ1n) is 6.56. The summed E-state index contributed by atoms with van der Waals surface area (Å²) < 4.78 is 0. The zero-order valence-corrected chi connectivity index (χ0v) is 11.5. The van der Waals surface area contributed by atoms with Gasteiger partial charge in [-0.2, -0.15) is 0 Å². The number of anilines is 2. The average molecular weight is 269 g/mol. The van der Waals surface area contributed by atoms with Gasteiger partial charge in [-0.1, -0.05) is 37.3 Å². The fraction of sp³-hybridized carbons (Fsp3) is 0.188. The van der Waals surface area contributed by atoms with Crippen LogP contribution in [-0.4, -0.2) is 12.5 Å². The van der Waals surface area contributed by atoms with E-state index < -0.39 is 5.91 Å². The molecular weight excluding hydrogens is 250 g/mol. The zero-order chi connectivity index (χ0) is 14.5. The van der Waals surface area contributed by atoms with Crippen molar-refractivity contribution in [3.05, 3.63) is 59.7 Å². The highest BCUT2D eigenvalue weighted by molar-refractivity contribution is 5.94. The van der Waals surface area contributed by atoms with Crippen molar-refractivity contribution in [3.8, 4) is 0 Å². The number of nitrogen functional groups attached to an aromatic ring is 1. The van der Waals surface area contributed by atoms with Gasteiger partial charge in [0, 0.05) is 12.1 Å². The van der Waals surface area contributed by atoms with Crippen LogP contribution in [0.15, 0.2) is 48.5 Å². The molecule has 4 heteroatoms. The van der Waals surface area contributed by atoms with E-state index in [0.717, 1.165) is 12.2 Å². The molecule has 0 aliphatic heterocycles. The van der Waals surface area contributed by atoms with Crippen LogP contribution in [0.3, 0.4) is 0 Å². The Morgan fingerprint density at radius 1 is 1.20 bits per heavy atom. The molecule has 0 radical (unpaired) electrons. The number of nitrogens with two attached hydrogens (primary N) is 2. The molecule has 5 N–H and O–H groups in total. The van der Waals surface area contributed by atoms with Gasteiger partial charge in [-0.25, -0.2) is 0 Å². The molecular formula is C16H19N3O. The van der Waals surface area contributed by atoms with Crippen molar-refractivity contribution in [1.82, 2.24) is 0 Å². The summed E-state index contributed by atoms with van der Waals surface area (Å²) in [4.78, 5) is 11.2. The van der Waals surface area contributed by atoms with Crippen molar-refractivity contribution in [2.24, 2.45) is 5.73 Å². The lowest BCUT2D eigenvalue weighted by atomic mass is 10.0. The van der Waals surface area contributed by atoms with Crippen LogP contribution in [0.5, 0.6) is 0 Å². The molecule has 1 unspecified atom stereocenters. The van der Waals surface area contributed by atoms with Crippen LogP contribution in [-0.2, 0) is 0 Å². The van der Waals surface area contributed by atoms with Crippen LogP contribution < -0.4 is 16.8 Å². The summed E-state index contributed by atoms with van der Waals surface area (Å²) in [5, 5.41) is 3.27. The van der Waals surface area contributed by atoms with Crippen LogP contribution in [0.4, 0.5) is 11.4 Å². The summed E-state index contributed by atoms with van der Waals surface area (Å²) in [5.74, 6) is -0.114. The monoisotopic (exact) mass is 269 g/mol. The SMILES string of the molecule is CC(CNc1cc(C(N)=O)ccc1N)c1ccccc1. The fourth-order valence-corrected chi connectivity index (χ4v) is 2.03. The van der Waals surface area contributed by atoms with Crippen molar-refractivity contribution in [3.63, 3.8) is 0 Å². The molecule has 2 aromatic carbocycles. The molecule has 1 atom stereocenters. The van der Waals surface area contributed by atoms with Gasteiger partial charge in [-0.05, 0) is 29.7 Å².